The minimum atomic E-state index is 0.341. The number of fused-ring (bicyclic) bond motifs is 1. The Morgan fingerprint density at radius 2 is 1.88 bits per heavy atom. The fourth-order valence-electron chi connectivity index (χ4n) is 3.34. The molecule has 2 heteroatoms. The highest BCUT2D eigenvalue weighted by Crippen LogP contribution is 2.32. The van der Waals surface area contributed by atoms with E-state index >= 15 is 0 Å². The van der Waals surface area contributed by atoms with E-state index < -0.39 is 0 Å². The van der Waals surface area contributed by atoms with E-state index in [-0.39, 0.29) is 0 Å². The summed E-state index contributed by atoms with van der Waals surface area (Å²) in [5.41, 5.74) is 6.49. The van der Waals surface area contributed by atoms with Crippen molar-refractivity contribution in [3.05, 3.63) is 77.5 Å². The number of hydrogen-bond donors (Lipinski definition) is 2. The molecule has 24 heavy (non-hydrogen) atoms. The van der Waals surface area contributed by atoms with Gasteiger partial charge in [-0.3, -0.25) is 0 Å². The first-order valence-corrected chi connectivity index (χ1v) is 8.77. The molecule has 3 aromatic rings. The molecule has 0 fully saturated rings. The number of para-hydroxylation sites is 1. The fraction of sp³-hybridized carbons (Fsp3) is 0.273. The van der Waals surface area contributed by atoms with Gasteiger partial charge in [0.05, 0.1) is 0 Å². The fourth-order valence-corrected chi connectivity index (χ4v) is 3.34. The molecule has 0 saturated heterocycles. The van der Waals surface area contributed by atoms with Gasteiger partial charge in [0.25, 0.3) is 0 Å². The van der Waals surface area contributed by atoms with E-state index in [0.29, 0.717) is 5.92 Å². The molecule has 0 aliphatic rings. The van der Waals surface area contributed by atoms with Crippen molar-refractivity contribution in [3.8, 4) is 0 Å². The number of aromatic nitrogens is 1. The molecule has 1 atom stereocenters. The standard InChI is InChI=1S/C22H26N2/c1-4-17-10-12-18(13-11-17)16(3)22-20(14-15-23-5-2)19-8-6-7-9-21(19)24-22/h4,6-13,16,23-24H,1,5,14-15H2,2-3H3. The molecule has 2 nitrogen and oxygen atoms in total. The molecule has 0 bridgehead atoms. The van der Waals surface area contributed by atoms with Crippen molar-refractivity contribution in [2.24, 2.45) is 0 Å². The van der Waals surface area contributed by atoms with Crippen molar-refractivity contribution >= 4 is 17.0 Å². The third kappa shape index (κ3) is 3.29. The highest BCUT2D eigenvalue weighted by atomic mass is 14.8. The van der Waals surface area contributed by atoms with Gasteiger partial charge in [-0.15, -0.1) is 0 Å². The first-order chi connectivity index (χ1) is 11.7. The molecule has 3 rings (SSSR count). The summed E-state index contributed by atoms with van der Waals surface area (Å²) in [6, 6.07) is 17.3. The van der Waals surface area contributed by atoms with Crippen LogP contribution in [0.25, 0.3) is 17.0 Å². The predicted molar refractivity (Wildman–Crippen MR) is 105 cm³/mol. The minimum absolute atomic E-state index is 0.341. The Kier molecular flexibility index (Phi) is 5.17. The van der Waals surface area contributed by atoms with Crippen molar-refractivity contribution < 1.29 is 0 Å². The van der Waals surface area contributed by atoms with E-state index in [9.17, 15) is 0 Å². The van der Waals surface area contributed by atoms with Crippen molar-refractivity contribution in [3.63, 3.8) is 0 Å². The Bertz CT molecular complexity index is 812. The minimum Gasteiger partial charge on any atom is -0.358 e. The lowest BCUT2D eigenvalue weighted by Gasteiger charge is -2.14. The van der Waals surface area contributed by atoms with Crippen LogP contribution in [-0.2, 0) is 6.42 Å². The van der Waals surface area contributed by atoms with Gasteiger partial charge in [0.1, 0.15) is 0 Å². The Labute approximate surface area is 144 Å². The summed E-state index contributed by atoms with van der Waals surface area (Å²) >= 11 is 0. The second-order valence-electron chi connectivity index (χ2n) is 6.26. The Morgan fingerprint density at radius 1 is 1.12 bits per heavy atom. The van der Waals surface area contributed by atoms with E-state index in [4.69, 9.17) is 0 Å². The topological polar surface area (TPSA) is 27.8 Å². The number of hydrogen-bond acceptors (Lipinski definition) is 1. The molecule has 2 aromatic carbocycles. The van der Waals surface area contributed by atoms with Crippen LogP contribution in [0.15, 0.2) is 55.1 Å². The molecule has 0 amide bonds. The van der Waals surface area contributed by atoms with Crippen molar-refractivity contribution in [2.45, 2.75) is 26.2 Å². The van der Waals surface area contributed by atoms with E-state index in [1.54, 1.807) is 0 Å². The molecule has 0 saturated carbocycles. The third-order valence-corrected chi connectivity index (χ3v) is 4.75. The first-order valence-electron chi connectivity index (χ1n) is 8.77. The highest BCUT2D eigenvalue weighted by Gasteiger charge is 2.17. The number of nitrogens with one attached hydrogen (secondary N) is 2. The van der Waals surface area contributed by atoms with Gasteiger partial charge in [-0.25, -0.2) is 0 Å². The third-order valence-electron chi connectivity index (χ3n) is 4.75. The van der Waals surface area contributed by atoms with Gasteiger partial charge in [-0.1, -0.05) is 69.0 Å². The van der Waals surface area contributed by atoms with Crippen LogP contribution >= 0.6 is 0 Å². The van der Waals surface area contributed by atoms with Gasteiger partial charge in [0, 0.05) is 22.5 Å². The summed E-state index contributed by atoms with van der Waals surface area (Å²) in [6.45, 7) is 10.3. The summed E-state index contributed by atoms with van der Waals surface area (Å²) in [5.74, 6) is 0.341. The van der Waals surface area contributed by atoms with Gasteiger partial charge in [0.2, 0.25) is 0 Å². The van der Waals surface area contributed by atoms with Gasteiger partial charge >= 0.3 is 0 Å². The average molecular weight is 318 g/mol. The summed E-state index contributed by atoms with van der Waals surface area (Å²) < 4.78 is 0. The largest absolute Gasteiger partial charge is 0.358 e. The lowest BCUT2D eigenvalue weighted by atomic mass is 9.92. The van der Waals surface area contributed by atoms with Crippen LogP contribution in [0.5, 0.6) is 0 Å². The molecular formula is C22H26N2. The molecule has 0 spiro atoms. The van der Waals surface area contributed by atoms with Crippen molar-refractivity contribution in [1.82, 2.24) is 10.3 Å². The smallest absolute Gasteiger partial charge is 0.0459 e. The van der Waals surface area contributed by atoms with Crippen molar-refractivity contribution in [1.29, 1.82) is 0 Å². The van der Waals surface area contributed by atoms with Gasteiger partial charge in [-0.2, -0.15) is 0 Å². The summed E-state index contributed by atoms with van der Waals surface area (Å²) in [5, 5.41) is 4.79. The van der Waals surface area contributed by atoms with Crippen molar-refractivity contribution in [2.75, 3.05) is 13.1 Å². The van der Waals surface area contributed by atoms with Crippen LogP contribution in [0.2, 0.25) is 0 Å². The van der Waals surface area contributed by atoms with E-state index in [1.165, 1.54) is 27.7 Å². The maximum absolute atomic E-state index is 3.84. The number of rotatable bonds is 7. The molecule has 1 heterocycles. The SMILES string of the molecule is C=Cc1ccc(C(C)c2[nH]c3ccccc3c2CCNCC)cc1. The van der Waals surface area contributed by atoms with E-state index in [1.807, 2.05) is 6.08 Å². The van der Waals surface area contributed by atoms with Crippen LogP contribution in [0.3, 0.4) is 0 Å². The van der Waals surface area contributed by atoms with Crippen LogP contribution in [0.1, 0.15) is 42.1 Å². The number of aromatic amines is 1. The molecule has 0 aliphatic carbocycles. The maximum atomic E-state index is 3.84. The summed E-state index contributed by atoms with van der Waals surface area (Å²) in [7, 11) is 0. The van der Waals surface area contributed by atoms with Gasteiger partial charge in [0.15, 0.2) is 0 Å². The maximum Gasteiger partial charge on any atom is 0.0459 e. The quantitative estimate of drug-likeness (QED) is 0.582. The van der Waals surface area contributed by atoms with Crippen LogP contribution < -0.4 is 5.32 Å². The lowest BCUT2D eigenvalue weighted by Crippen LogP contribution is -2.16. The number of H-pyrrole nitrogens is 1. The molecule has 0 aliphatic heterocycles. The van der Waals surface area contributed by atoms with Gasteiger partial charge in [-0.05, 0) is 42.3 Å². The number of benzene rings is 2. The first kappa shape index (κ1) is 16.5. The molecule has 1 unspecified atom stereocenters. The van der Waals surface area contributed by atoms with Crippen LogP contribution in [-0.4, -0.2) is 18.1 Å². The molecular weight excluding hydrogens is 292 g/mol. The molecule has 0 radical (unpaired) electrons. The Morgan fingerprint density at radius 3 is 2.58 bits per heavy atom. The van der Waals surface area contributed by atoms with E-state index in [0.717, 1.165) is 25.1 Å². The van der Waals surface area contributed by atoms with Crippen LogP contribution in [0, 0.1) is 0 Å². The Balaban J connectivity index is 1.99. The molecule has 124 valence electrons. The predicted octanol–water partition coefficient (Wildman–Crippen LogP) is 5.11. The average Bonchev–Trinajstić information content (AvgIpc) is 3.00. The monoisotopic (exact) mass is 318 g/mol. The zero-order chi connectivity index (χ0) is 16.9. The molecule has 1 aromatic heterocycles. The zero-order valence-electron chi connectivity index (χ0n) is 14.6. The normalized spacial score (nSPS) is 12.4. The van der Waals surface area contributed by atoms with E-state index in [2.05, 4.69) is 79.3 Å². The summed E-state index contributed by atoms with van der Waals surface area (Å²) in [4.78, 5) is 3.67. The van der Waals surface area contributed by atoms with Crippen LogP contribution in [0.4, 0.5) is 0 Å². The highest BCUT2D eigenvalue weighted by molar-refractivity contribution is 5.85. The molecule has 2 N–H and O–H groups in total. The van der Waals surface area contributed by atoms with Gasteiger partial charge < -0.3 is 10.3 Å². The zero-order valence-corrected chi connectivity index (χ0v) is 14.6. The Hall–Kier alpha value is -2.32. The second kappa shape index (κ2) is 7.50. The lowest BCUT2D eigenvalue weighted by molar-refractivity contribution is 0.711. The number of likely N-dealkylation sites (N-methyl/N-ethyl adjacent to an activating group) is 1. The summed E-state index contributed by atoms with van der Waals surface area (Å²) in [6.07, 6.45) is 2.93. The second-order valence-corrected chi connectivity index (χ2v) is 6.26.